The van der Waals surface area contributed by atoms with E-state index < -0.39 is 9.84 Å². The van der Waals surface area contributed by atoms with Crippen molar-refractivity contribution in [3.63, 3.8) is 0 Å². The van der Waals surface area contributed by atoms with E-state index in [4.69, 9.17) is 4.42 Å². The Balaban J connectivity index is 2.12. The Labute approximate surface area is 136 Å². The second kappa shape index (κ2) is 6.08. The number of hydrogen-bond acceptors (Lipinski definition) is 5. The first-order valence-corrected chi connectivity index (χ1v) is 9.77. The van der Waals surface area contributed by atoms with Crippen LogP contribution in [0.25, 0.3) is 0 Å². The molecule has 1 heterocycles. The number of thioether (sulfide) groups is 1. The summed E-state index contributed by atoms with van der Waals surface area (Å²) < 4.78 is 28.7. The molecule has 1 aromatic heterocycles. The molecule has 1 aromatic carbocycles. The van der Waals surface area contributed by atoms with Crippen molar-refractivity contribution in [3.05, 3.63) is 42.1 Å². The van der Waals surface area contributed by atoms with Crippen LogP contribution in [-0.2, 0) is 15.3 Å². The molecular weight excluding hydrogens is 318 g/mol. The van der Waals surface area contributed by atoms with E-state index in [0.717, 1.165) is 10.7 Å². The smallest absolute Gasteiger partial charge is 0.207 e. The molecule has 0 aliphatic carbocycles. The molecule has 0 saturated carbocycles. The average Bonchev–Trinajstić information content (AvgIpc) is 2.87. The summed E-state index contributed by atoms with van der Waals surface area (Å²) in [6.45, 7) is 8.27. The fraction of sp³-hybridized carbons (Fsp3) is 0.438. The molecule has 0 aliphatic rings. The van der Waals surface area contributed by atoms with E-state index in [1.165, 1.54) is 6.26 Å². The lowest BCUT2D eigenvalue weighted by Gasteiger charge is -2.14. The lowest BCUT2D eigenvalue weighted by Crippen LogP contribution is -2.09. The summed E-state index contributed by atoms with van der Waals surface area (Å²) in [6.07, 6.45) is 2.98. The topological polar surface area (TPSA) is 60.2 Å². The molecule has 0 aliphatic heterocycles. The van der Waals surface area contributed by atoms with Crippen molar-refractivity contribution in [3.8, 4) is 0 Å². The highest BCUT2D eigenvalue weighted by molar-refractivity contribution is 7.99. The lowest BCUT2D eigenvalue weighted by atomic mass is 9.94. The van der Waals surface area contributed by atoms with Gasteiger partial charge in [0.25, 0.3) is 0 Å². The molecule has 0 fully saturated rings. The minimum absolute atomic E-state index is 0.0557. The van der Waals surface area contributed by atoms with Gasteiger partial charge < -0.3 is 4.42 Å². The highest BCUT2D eigenvalue weighted by atomic mass is 32.2. The Bertz CT molecular complexity index is 740. The van der Waals surface area contributed by atoms with Crippen LogP contribution in [0.15, 0.2) is 44.7 Å². The van der Waals surface area contributed by atoms with Crippen LogP contribution in [0, 0.1) is 0 Å². The van der Waals surface area contributed by atoms with E-state index >= 15 is 0 Å². The predicted octanol–water partition coefficient (Wildman–Crippen LogP) is 4.23. The maximum Gasteiger partial charge on any atom is 0.207 e. The maximum atomic E-state index is 11.5. The summed E-state index contributed by atoms with van der Waals surface area (Å²) in [7, 11) is -3.15. The molecule has 4 nitrogen and oxygen atoms in total. The van der Waals surface area contributed by atoms with Gasteiger partial charge in [0.2, 0.25) is 5.89 Å². The van der Waals surface area contributed by atoms with Crippen molar-refractivity contribution in [1.82, 2.24) is 4.98 Å². The Morgan fingerprint density at radius 3 is 2.23 bits per heavy atom. The molecular formula is C16H21NO3S2. The van der Waals surface area contributed by atoms with Crippen molar-refractivity contribution in [1.29, 1.82) is 0 Å². The summed E-state index contributed by atoms with van der Waals surface area (Å²) in [6, 6.07) is 6.87. The minimum Gasteiger partial charge on any atom is -0.444 e. The first-order chi connectivity index (χ1) is 10.1. The van der Waals surface area contributed by atoms with Crippen molar-refractivity contribution < 1.29 is 12.8 Å². The van der Waals surface area contributed by atoms with Gasteiger partial charge in [0, 0.05) is 16.6 Å². The Hall–Kier alpha value is -1.27. The molecule has 1 unspecified atom stereocenters. The predicted molar refractivity (Wildman–Crippen MR) is 89.0 cm³/mol. The summed E-state index contributed by atoms with van der Waals surface area (Å²) >= 11 is 1.59. The first-order valence-electron chi connectivity index (χ1n) is 7.00. The van der Waals surface area contributed by atoms with Gasteiger partial charge in [-0.15, -0.1) is 11.8 Å². The number of sulfone groups is 1. The van der Waals surface area contributed by atoms with Crippen LogP contribution in [0.5, 0.6) is 0 Å². The van der Waals surface area contributed by atoms with Gasteiger partial charge in [-0.1, -0.05) is 20.8 Å². The summed E-state index contributed by atoms with van der Waals surface area (Å²) in [4.78, 5) is 5.66. The largest absolute Gasteiger partial charge is 0.444 e. The van der Waals surface area contributed by atoms with Gasteiger partial charge in [-0.25, -0.2) is 13.4 Å². The second-order valence-electron chi connectivity index (χ2n) is 6.32. The molecule has 1 atom stereocenters. The van der Waals surface area contributed by atoms with Gasteiger partial charge in [-0.2, -0.15) is 0 Å². The molecule has 0 amide bonds. The first kappa shape index (κ1) is 17.1. The van der Waals surface area contributed by atoms with Gasteiger partial charge in [0.05, 0.1) is 16.3 Å². The summed E-state index contributed by atoms with van der Waals surface area (Å²) in [5.74, 6) is 1.55. The van der Waals surface area contributed by atoms with E-state index in [1.54, 1.807) is 30.1 Å². The van der Waals surface area contributed by atoms with Crippen LogP contribution < -0.4 is 0 Å². The third-order valence-corrected chi connectivity index (χ3v) is 5.40. The zero-order valence-electron chi connectivity index (χ0n) is 13.5. The average molecular weight is 339 g/mol. The quantitative estimate of drug-likeness (QED) is 0.780. The summed E-state index contributed by atoms with van der Waals surface area (Å²) in [5, 5.41) is 0.0557. The normalized spacial score (nSPS) is 14.0. The fourth-order valence-electron chi connectivity index (χ4n) is 1.84. The minimum atomic E-state index is -3.15. The van der Waals surface area contributed by atoms with Gasteiger partial charge in [-0.05, 0) is 31.2 Å². The highest BCUT2D eigenvalue weighted by Crippen LogP contribution is 2.36. The van der Waals surface area contributed by atoms with Crippen LogP contribution in [0.4, 0.5) is 0 Å². The molecule has 2 aromatic rings. The second-order valence-corrected chi connectivity index (χ2v) is 9.75. The molecule has 6 heteroatoms. The van der Waals surface area contributed by atoms with E-state index in [2.05, 4.69) is 25.8 Å². The number of nitrogens with zero attached hydrogens (tertiary/aromatic N) is 1. The maximum absolute atomic E-state index is 11.5. The molecule has 0 N–H and O–H groups in total. The molecule has 2 rings (SSSR count). The van der Waals surface area contributed by atoms with Crippen LogP contribution in [0.1, 0.15) is 44.6 Å². The third kappa shape index (κ3) is 4.14. The molecule has 0 radical (unpaired) electrons. The van der Waals surface area contributed by atoms with Crippen molar-refractivity contribution >= 4 is 21.6 Å². The fourth-order valence-corrected chi connectivity index (χ4v) is 3.38. The number of benzene rings is 1. The molecule has 120 valence electrons. The molecule has 0 spiro atoms. The monoisotopic (exact) mass is 339 g/mol. The lowest BCUT2D eigenvalue weighted by molar-refractivity contribution is 0.383. The molecule has 22 heavy (non-hydrogen) atoms. The Morgan fingerprint density at radius 1 is 1.18 bits per heavy atom. The van der Waals surface area contributed by atoms with Crippen molar-refractivity contribution in [2.45, 2.75) is 48.2 Å². The van der Waals surface area contributed by atoms with E-state index in [1.807, 2.05) is 19.1 Å². The molecule has 0 bridgehead atoms. The zero-order valence-corrected chi connectivity index (χ0v) is 15.1. The van der Waals surface area contributed by atoms with Crippen molar-refractivity contribution in [2.24, 2.45) is 0 Å². The standard InChI is InChI=1S/C16H21NO3S2/c1-11(15-17-10-14(20-15)16(2,3)4)21-12-6-8-13(9-7-12)22(5,18)19/h6-11H,1-5H3. The third-order valence-electron chi connectivity index (χ3n) is 3.18. The Morgan fingerprint density at radius 2 is 1.77 bits per heavy atom. The van der Waals surface area contributed by atoms with Gasteiger partial charge in [0.1, 0.15) is 5.76 Å². The van der Waals surface area contributed by atoms with Gasteiger partial charge in [0.15, 0.2) is 9.84 Å². The number of rotatable bonds is 4. The van der Waals surface area contributed by atoms with Crippen LogP contribution in [0.2, 0.25) is 0 Å². The number of oxazole rings is 1. The number of aromatic nitrogens is 1. The van der Waals surface area contributed by atoms with Gasteiger partial charge in [-0.3, -0.25) is 0 Å². The van der Waals surface area contributed by atoms with Crippen LogP contribution >= 0.6 is 11.8 Å². The summed E-state index contributed by atoms with van der Waals surface area (Å²) in [5.41, 5.74) is -0.0627. The zero-order chi connectivity index (χ0) is 16.5. The van der Waals surface area contributed by atoms with Gasteiger partial charge >= 0.3 is 0 Å². The van der Waals surface area contributed by atoms with Crippen LogP contribution in [0.3, 0.4) is 0 Å². The number of hydrogen-bond donors (Lipinski definition) is 0. The Kier molecular flexibility index (Phi) is 4.73. The molecule has 0 saturated heterocycles. The van der Waals surface area contributed by atoms with Crippen molar-refractivity contribution in [2.75, 3.05) is 6.26 Å². The van der Waals surface area contributed by atoms with E-state index in [9.17, 15) is 8.42 Å². The highest BCUT2D eigenvalue weighted by Gasteiger charge is 2.21. The van der Waals surface area contributed by atoms with E-state index in [0.29, 0.717) is 10.8 Å². The SMILES string of the molecule is CC(Sc1ccc(S(C)(=O)=O)cc1)c1ncc(C(C)(C)C)o1. The van der Waals surface area contributed by atoms with E-state index in [-0.39, 0.29) is 10.7 Å². The van der Waals surface area contributed by atoms with Crippen LogP contribution in [-0.4, -0.2) is 19.7 Å².